The summed E-state index contributed by atoms with van der Waals surface area (Å²) >= 11 is 9.26. The van der Waals surface area contributed by atoms with Gasteiger partial charge in [-0.3, -0.25) is 9.59 Å². The van der Waals surface area contributed by atoms with E-state index in [1.54, 1.807) is 0 Å². The molecule has 0 N–H and O–H groups in total. The summed E-state index contributed by atoms with van der Waals surface area (Å²) in [6, 6.07) is 0. The standard InChI is InChI=1S/2C9H18O3S.2C4H9.Sn/c2*1-2-3-5-11-6-7-12-9(10)4-8-13;2*1-3-4-2;/h2*13H,2-8H2,1H3;2*3H,4H2,1-2H3;/q;;;;+2/p-2. The largest absolute Gasteiger partial charge is 2.00 e. The maximum absolute atomic E-state index is 10.8. The van der Waals surface area contributed by atoms with Crippen LogP contribution < -0.4 is 0 Å². The first-order valence-electron chi connectivity index (χ1n) is 12.6. The second-order valence-corrected chi connectivity index (χ2v) is 7.73. The average Bonchev–Trinajstić information content (AvgIpc) is 2.84. The molecule has 0 spiro atoms. The van der Waals surface area contributed by atoms with Crippen molar-refractivity contribution in [3.8, 4) is 0 Å². The topological polar surface area (TPSA) is 71.1 Å². The summed E-state index contributed by atoms with van der Waals surface area (Å²) < 4.78 is 20.1. The fourth-order valence-corrected chi connectivity index (χ4v) is 1.77. The van der Waals surface area contributed by atoms with Crippen molar-refractivity contribution in [2.45, 2.75) is 92.9 Å². The van der Waals surface area contributed by atoms with Gasteiger partial charge in [-0.1, -0.05) is 67.2 Å². The van der Waals surface area contributed by atoms with E-state index in [2.05, 4.69) is 79.6 Å². The molecule has 0 saturated carbocycles. The summed E-state index contributed by atoms with van der Waals surface area (Å²) in [5.41, 5.74) is 0. The van der Waals surface area contributed by atoms with E-state index in [9.17, 15) is 9.59 Å². The number of hydrogen-bond acceptors (Lipinski definition) is 8. The molecule has 0 saturated heterocycles. The first kappa shape index (κ1) is 45.3. The summed E-state index contributed by atoms with van der Waals surface area (Å²) in [7, 11) is 0. The normalized spacial score (nSPS) is 9.14. The van der Waals surface area contributed by atoms with E-state index < -0.39 is 0 Å². The molecule has 208 valence electrons. The van der Waals surface area contributed by atoms with Crippen LogP contribution in [0.15, 0.2) is 0 Å². The van der Waals surface area contributed by atoms with Gasteiger partial charge in [-0.2, -0.15) is 11.5 Å². The number of unbranched alkanes of at least 4 members (excludes halogenated alkanes) is 4. The molecule has 0 aliphatic rings. The van der Waals surface area contributed by atoms with Crippen LogP contribution in [-0.2, 0) is 53.8 Å². The SMILES string of the molecule is CCCCOCCOC(=O)CC[S-].CCCCOCCOC(=O)CC[S-].C[CH]CC.C[CH]CC.[Sn+2]. The van der Waals surface area contributed by atoms with Crippen LogP contribution in [0.5, 0.6) is 0 Å². The molecule has 0 unspecified atom stereocenters. The van der Waals surface area contributed by atoms with Crippen molar-refractivity contribution in [1.29, 1.82) is 0 Å². The Morgan fingerprint density at radius 1 is 0.629 bits per heavy atom. The summed E-state index contributed by atoms with van der Waals surface area (Å²) in [5.74, 6) is 0.397. The number of rotatable bonds is 18. The van der Waals surface area contributed by atoms with Gasteiger partial charge in [-0.15, -0.1) is 0 Å². The van der Waals surface area contributed by atoms with Crippen LogP contribution in [0.2, 0.25) is 0 Å². The van der Waals surface area contributed by atoms with Crippen LogP contribution in [0.4, 0.5) is 0 Å². The van der Waals surface area contributed by atoms with Crippen LogP contribution in [0.25, 0.3) is 0 Å². The maximum Gasteiger partial charge on any atom is 2.00 e. The minimum atomic E-state index is -0.228. The van der Waals surface area contributed by atoms with Crippen LogP contribution >= 0.6 is 0 Å². The Hall–Kier alpha value is 0.359. The van der Waals surface area contributed by atoms with Gasteiger partial charge in [0, 0.05) is 26.1 Å². The molecule has 35 heavy (non-hydrogen) atoms. The minimum absolute atomic E-state index is 0. The summed E-state index contributed by atoms with van der Waals surface area (Å²) in [6.45, 7) is 15.7. The fraction of sp³-hybridized carbons (Fsp3) is 0.846. The maximum atomic E-state index is 10.8. The summed E-state index contributed by atoms with van der Waals surface area (Å²) in [5, 5.41) is 0. The van der Waals surface area contributed by atoms with Gasteiger partial charge in [0.05, 0.1) is 13.2 Å². The Morgan fingerprint density at radius 2 is 0.943 bits per heavy atom. The Kier molecular flexibility index (Phi) is 61.5. The second kappa shape index (κ2) is 47.5. The summed E-state index contributed by atoms with van der Waals surface area (Å²) in [4.78, 5) is 21.6. The van der Waals surface area contributed by atoms with Gasteiger partial charge in [0.25, 0.3) is 0 Å². The predicted molar refractivity (Wildman–Crippen MR) is 153 cm³/mol. The van der Waals surface area contributed by atoms with Crippen LogP contribution in [-0.4, -0.2) is 87.0 Å². The average molecular weight is 644 g/mol. The third-order valence-corrected chi connectivity index (χ3v) is 4.10. The molecule has 4 radical (unpaired) electrons. The number of carbonyl (C=O) groups is 2. The first-order valence-corrected chi connectivity index (χ1v) is 13.8. The van der Waals surface area contributed by atoms with Gasteiger partial charge < -0.3 is 44.2 Å². The van der Waals surface area contributed by atoms with Crippen molar-refractivity contribution in [3.63, 3.8) is 0 Å². The molecule has 0 amide bonds. The van der Waals surface area contributed by atoms with Crippen molar-refractivity contribution in [2.24, 2.45) is 0 Å². The zero-order chi connectivity index (χ0) is 26.7. The zero-order valence-corrected chi connectivity index (χ0v) is 27.7. The smallest absolute Gasteiger partial charge is 0.792 e. The Labute approximate surface area is 245 Å². The number of ether oxygens (including phenoxy) is 4. The molecular weight excluding hydrogens is 591 g/mol. The second-order valence-electron chi connectivity index (χ2n) is 6.91. The number of esters is 2. The van der Waals surface area contributed by atoms with E-state index in [4.69, 9.17) is 18.9 Å². The predicted octanol–water partition coefficient (Wildman–Crippen LogP) is 5.43. The van der Waals surface area contributed by atoms with Gasteiger partial charge in [0.1, 0.15) is 13.2 Å². The van der Waals surface area contributed by atoms with Crippen LogP contribution in [0, 0.1) is 12.8 Å². The van der Waals surface area contributed by atoms with Crippen LogP contribution in [0.1, 0.15) is 92.9 Å². The Morgan fingerprint density at radius 3 is 1.17 bits per heavy atom. The van der Waals surface area contributed by atoms with E-state index in [1.807, 2.05) is 0 Å². The molecule has 0 aromatic carbocycles. The van der Waals surface area contributed by atoms with Gasteiger partial charge in [0.15, 0.2) is 0 Å². The number of hydrogen-bond donors (Lipinski definition) is 0. The molecule has 6 nitrogen and oxygen atoms in total. The van der Waals surface area contributed by atoms with Gasteiger partial charge in [-0.05, 0) is 25.7 Å². The third kappa shape index (κ3) is 60.6. The molecule has 0 fully saturated rings. The van der Waals surface area contributed by atoms with E-state index >= 15 is 0 Å². The quantitative estimate of drug-likeness (QED) is 0.0849. The fourth-order valence-electron chi connectivity index (χ4n) is 1.44. The molecule has 0 aliphatic carbocycles. The van der Waals surface area contributed by atoms with Crippen LogP contribution in [0.3, 0.4) is 0 Å². The molecule has 0 heterocycles. The van der Waals surface area contributed by atoms with Gasteiger partial charge in [-0.25, -0.2) is 0 Å². The van der Waals surface area contributed by atoms with Crippen molar-refractivity contribution in [1.82, 2.24) is 0 Å². The Balaban J connectivity index is -0.000000128. The van der Waals surface area contributed by atoms with E-state index in [0.717, 1.165) is 38.9 Å². The van der Waals surface area contributed by atoms with Crippen molar-refractivity contribution in [3.05, 3.63) is 12.8 Å². The van der Waals surface area contributed by atoms with Gasteiger partial charge >= 0.3 is 35.8 Å². The van der Waals surface area contributed by atoms with Crippen molar-refractivity contribution in [2.75, 3.05) is 51.1 Å². The molecule has 9 heteroatoms. The molecule has 0 aromatic rings. The molecule has 0 aromatic heterocycles. The first-order chi connectivity index (χ1) is 16.4. The van der Waals surface area contributed by atoms with Crippen molar-refractivity contribution >= 4 is 61.1 Å². The van der Waals surface area contributed by atoms with E-state index in [0.29, 0.717) is 50.8 Å². The van der Waals surface area contributed by atoms with E-state index in [1.165, 1.54) is 12.8 Å². The van der Waals surface area contributed by atoms with Crippen molar-refractivity contribution < 1.29 is 28.5 Å². The zero-order valence-electron chi connectivity index (χ0n) is 23.2. The molecule has 0 aliphatic heterocycles. The van der Waals surface area contributed by atoms with Gasteiger partial charge in [0.2, 0.25) is 0 Å². The van der Waals surface area contributed by atoms with E-state index in [-0.39, 0.29) is 35.8 Å². The minimum Gasteiger partial charge on any atom is -0.792 e. The Bertz CT molecular complexity index is 340. The number of carbonyl (C=O) groups excluding carboxylic acids is 2. The summed E-state index contributed by atoms with van der Waals surface area (Å²) in [6.07, 6.45) is 11.6. The molecular formula is C26H52O6S2Sn. The monoisotopic (exact) mass is 644 g/mol. The third-order valence-electron chi connectivity index (χ3n) is 3.69. The molecule has 0 bridgehead atoms. The molecule has 0 atom stereocenters. The molecule has 0 rings (SSSR count).